The molecule has 1 N–H and O–H groups in total. The van der Waals surface area contributed by atoms with Gasteiger partial charge in [-0.05, 0) is 24.5 Å². The normalized spacial score (nSPS) is 12.5. The number of benzene rings is 2. The third-order valence-electron chi connectivity index (χ3n) is 3.78. The summed E-state index contributed by atoms with van der Waals surface area (Å²) in [5.41, 5.74) is 1.88. The number of ketones is 1. The maximum Gasteiger partial charge on any atom is 0.251 e. The van der Waals surface area contributed by atoms with Crippen LogP contribution in [0.4, 0.5) is 0 Å². The fourth-order valence-electron chi connectivity index (χ4n) is 2.36. The number of aryl methyl sites for hydroxylation is 1. The molecule has 2 aromatic rings. The van der Waals surface area contributed by atoms with Crippen LogP contribution in [-0.4, -0.2) is 17.7 Å². The van der Waals surface area contributed by atoms with Crippen LogP contribution < -0.4 is 5.32 Å². The average Bonchev–Trinajstić information content (AvgIpc) is 2.52. The molecule has 1 amide bonds. The highest BCUT2D eigenvalue weighted by Gasteiger charge is 2.33. The molecule has 0 heterocycles. The highest BCUT2D eigenvalue weighted by molar-refractivity contribution is 6.04. The minimum absolute atomic E-state index is 0.0708. The molecule has 0 spiro atoms. The lowest BCUT2D eigenvalue weighted by atomic mass is 9.82. The monoisotopic (exact) mass is 309 g/mol. The molecule has 120 valence electrons. The van der Waals surface area contributed by atoms with Gasteiger partial charge in [-0.3, -0.25) is 9.59 Å². The fourth-order valence-corrected chi connectivity index (χ4v) is 2.36. The van der Waals surface area contributed by atoms with E-state index in [0.29, 0.717) is 11.1 Å². The molecule has 0 radical (unpaired) electrons. The number of Topliss-reactive ketones (excluding diaryl/α,β-unsaturated/α-hetero) is 1. The highest BCUT2D eigenvalue weighted by atomic mass is 16.2. The van der Waals surface area contributed by atoms with Crippen molar-refractivity contribution in [3.05, 3.63) is 71.3 Å². The number of carbonyl (C=O) groups is 2. The van der Waals surface area contributed by atoms with Gasteiger partial charge >= 0.3 is 0 Å². The molecule has 1 unspecified atom stereocenters. The van der Waals surface area contributed by atoms with E-state index in [9.17, 15) is 9.59 Å². The maximum atomic E-state index is 12.8. The highest BCUT2D eigenvalue weighted by Crippen LogP contribution is 2.23. The first-order valence-electron chi connectivity index (χ1n) is 7.76. The second kappa shape index (κ2) is 6.78. The van der Waals surface area contributed by atoms with Gasteiger partial charge in [0.15, 0.2) is 5.78 Å². The molecule has 2 rings (SSSR count). The van der Waals surface area contributed by atoms with Gasteiger partial charge < -0.3 is 5.32 Å². The van der Waals surface area contributed by atoms with E-state index in [1.807, 2.05) is 58.0 Å². The van der Waals surface area contributed by atoms with Crippen LogP contribution in [0.25, 0.3) is 0 Å². The van der Waals surface area contributed by atoms with Crippen LogP contribution in [0.1, 0.15) is 47.1 Å². The number of rotatable bonds is 4. The first-order chi connectivity index (χ1) is 10.8. The van der Waals surface area contributed by atoms with Crippen LogP contribution in [0.15, 0.2) is 54.6 Å². The number of nitrogens with one attached hydrogen (secondary N) is 1. The van der Waals surface area contributed by atoms with E-state index in [1.165, 1.54) is 0 Å². The minimum Gasteiger partial charge on any atom is -0.341 e. The largest absolute Gasteiger partial charge is 0.341 e. The zero-order valence-corrected chi connectivity index (χ0v) is 14.1. The lowest BCUT2D eigenvalue weighted by Gasteiger charge is -2.30. The molecule has 3 nitrogen and oxygen atoms in total. The topological polar surface area (TPSA) is 46.2 Å². The third-order valence-corrected chi connectivity index (χ3v) is 3.78. The zero-order valence-electron chi connectivity index (χ0n) is 14.1. The fraction of sp³-hybridized carbons (Fsp3) is 0.300. The lowest BCUT2D eigenvalue weighted by molar-refractivity contribution is 0.0782. The molecule has 0 aliphatic heterocycles. The summed E-state index contributed by atoms with van der Waals surface area (Å²) in [7, 11) is 0. The molecule has 3 heteroatoms. The van der Waals surface area contributed by atoms with Gasteiger partial charge in [-0.2, -0.15) is 0 Å². The van der Waals surface area contributed by atoms with Gasteiger partial charge in [-0.15, -0.1) is 0 Å². The van der Waals surface area contributed by atoms with Crippen molar-refractivity contribution < 1.29 is 9.59 Å². The van der Waals surface area contributed by atoms with Crippen LogP contribution in [0, 0.1) is 12.3 Å². The van der Waals surface area contributed by atoms with Gasteiger partial charge in [-0.1, -0.05) is 68.8 Å². The summed E-state index contributed by atoms with van der Waals surface area (Å²) in [5.74, 6) is -0.298. The molecule has 1 atom stereocenters. The van der Waals surface area contributed by atoms with E-state index in [1.54, 1.807) is 24.3 Å². The van der Waals surface area contributed by atoms with E-state index in [-0.39, 0.29) is 17.1 Å². The number of amides is 1. The van der Waals surface area contributed by atoms with Crippen molar-refractivity contribution in [3.63, 3.8) is 0 Å². The van der Waals surface area contributed by atoms with Crippen LogP contribution in [-0.2, 0) is 0 Å². The summed E-state index contributed by atoms with van der Waals surface area (Å²) in [4.78, 5) is 25.3. The number of hydrogen-bond donors (Lipinski definition) is 1. The Labute approximate surface area is 137 Å². The molecule has 0 aliphatic carbocycles. The Bertz CT molecular complexity index is 682. The van der Waals surface area contributed by atoms with Gasteiger partial charge in [0, 0.05) is 11.1 Å². The Morgan fingerprint density at radius 2 is 1.43 bits per heavy atom. The number of hydrogen-bond acceptors (Lipinski definition) is 2. The molecule has 23 heavy (non-hydrogen) atoms. The predicted octanol–water partition coefficient (Wildman–Crippen LogP) is 4.02. The molecule has 0 aromatic heterocycles. The van der Waals surface area contributed by atoms with Gasteiger partial charge in [0.25, 0.3) is 5.91 Å². The summed E-state index contributed by atoms with van der Waals surface area (Å²) >= 11 is 0. The quantitative estimate of drug-likeness (QED) is 0.867. The summed E-state index contributed by atoms with van der Waals surface area (Å²) in [6, 6.07) is 15.8. The van der Waals surface area contributed by atoms with Gasteiger partial charge in [0.2, 0.25) is 0 Å². The summed E-state index contributed by atoms with van der Waals surface area (Å²) in [5, 5.41) is 2.90. The molecule has 0 aliphatic rings. The van der Waals surface area contributed by atoms with E-state index >= 15 is 0 Å². The molecule has 0 saturated carbocycles. The SMILES string of the molecule is Cc1ccc(C(=O)NC(C(=O)c2ccccc2)C(C)(C)C)cc1. The number of carbonyl (C=O) groups excluding carboxylic acids is 2. The zero-order chi connectivity index (χ0) is 17.0. The second-order valence-electron chi connectivity index (χ2n) is 6.87. The minimum atomic E-state index is -0.585. The smallest absolute Gasteiger partial charge is 0.251 e. The average molecular weight is 309 g/mol. The van der Waals surface area contributed by atoms with Gasteiger partial charge in [0.05, 0.1) is 6.04 Å². The Morgan fingerprint density at radius 1 is 0.870 bits per heavy atom. The van der Waals surface area contributed by atoms with Crippen molar-refractivity contribution in [2.24, 2.45) is 5.41 Å². The molecular weight excluding hydrogens is 286 g/mol. The third kappa shape index (κ3) is 4.28. The predicted molar refractivity (Wildman–Crippen MR) is 92.7 cm³/mol. The summed E-state index contributed by atoms with van der Waals surface area (Å²) < 4.78 is 0. The maximum absolute atomic E-state index is 12.8. The Kier molecular flexibility index (Phi) is 4.99. The van der Waals surface area contributed by atoms with Crippen LogP contribution in [0.2, 0.25) is 0 Å². The van der Waals surface area contributed by atoms with Gasteiger partial charge in [-0.25, -0.2) is 0 Å². The van der Waals surface area contributed by atoms with Crippen molar-refractivity contribution in [3.8, 4) is 0 Å². The van der Waals surface area contributed by atoms with Crippen molar-refractivity contribution in [2.45, 2.75) is 33.7 Å². The Morgan fingerprint density at radius 3 is 1.96 bits per heavy atom. The van der Waals surface area contributed by atoms with Gasteiger partial charge in [0.1, 0.15) is 0 Å². The Balaban J connectivity index is 2.24. The Hall–Kier alpha value is -2.42. The summed E-state index contributed by atoms with van der Waals surface area (Å²) in [6.45, 7) is 7.83. The lowest BCUT2D eigenvalue weighted by Crippen LogP contribution is -2.49. The van der Waals surface area contributed by atoms with E-state index in [4.69, 9.17) is 0 Å². The van der Waals surface area contributed by atoms with Crippen LogP contribution in [0.3, 0.4) is 0 Å². The first-order valence-corrected chi connectivity index (χ1v) is 7.76. The van der Waals surface area contributed by atoms with Crippen molar-refractivity contribution in [2.75, 3.05) is 0 Å². The van der Waals surface area contributed by atoms with Crippen LogP contribution in [0.5, 0.6) is 0 Å². The van der Waals surface area contributed by atoms with Crippen molar-refractivity contribution in [1.82, 2.24) is 5.32 Å². The van der Waals surface area contributed by atoms with Crippen molar-refractivity contribution in [1.29, 1.82) is 0 Å². The molecule has 2 aromatic carbocycles. The van der Waals surface area contributed by atoms with E-state index in [0.717, 1.165) is 5.56 Å². The van der Waals surface area contributed by atoms with Crippen LogP contribution >= 0.6 is 0 Å². The van der Waals surface area contributed by atoms with E-state index in [2.05, 4.69) is 5.32 Å². The van der Waals surface area contributed by atoms with Crippen molar-refractivity contribution >= 4 is 11.7 Å². The summed E-state index contributed by atoms with van der Waals surface area (Å²) in [6.07, 6.45) is 0. The molecule has 0 saturated heterocycles. The standard InChI is InChI=1S/C20H23NO2/c1-14-10-12-16(13-11-14)19(23)21-18(20(2,3)4)17(22)15-8-6-5-7-9-15/h5-13,18H,1-4H3,(H,21,23). The second-order valence-corrected chi connectivity index (χ2v) is 6.87. The molecular formula is C20H23NO2. The van der Waals surface area contributed by atoms with E-state index < -0.39 is 6.04 Å². The first kappa shape index (κ1) is 16.9. The molecule has 0 bridgehead atoms. The molecule has 0 fully saturated rings.